The largest absolute Gasteiger partial charge is 0.496 e. The molecular weight excluding hydrogens is 362 g/mol. The summed E-state index contributed by atoms with van der Waals surface area (Å²) in [5.41, 5.74) is 5.45. The number of ether oxygens (including phenoxy) is 1. The Balaban J connectivity index is 1.87. The number of carbonyl (C=O) groups is 1. The van der Waals surface area contributed by atoms with Gasteiger partial charge in [-0.1, -0.05) is 29.8 Å². The average molecular weight is 394 g/mol. The van der Waals surface area contributed by atoms with Gasteiger partial charge in [0.05, 0.1) is 13.5 Å². The maximum absolute atomic E-state index is 13.4. The van der Waals surface area contributed by atoms with Crippen molar-refractivity contribution in [2.75, 3.05) is 34.3 Å². The third-order valence-electron chi connectivity index (χ3n) is 5.33. The molecule has 0 saturated heterocycles. The van der Waals surface area contributed by atoms with Gasteiger partial charge in [-0.15, -0.1) is 0 Å². The average Bonchev–Trinajstić information content (AvgIpc) is 2.99. The zero-order chi connectivity index (χ0) is 21.0. The fourth-order valence-corrected chi connectivity index (χ4v) is 3.64. The molecule has 1 heterocycles. The van der Waals surface area contributed by atoms with E-state index >= 15 is 0 Å². The first-order valence-corrected chi connectivity index (χ1v) is 10.0. The minimum absolute atomic E-state index is 0.128. The van der Waals surface area contributed by atoms with Crippen molar-refractivity contribution in [3.05, 3.63) is 64.8 Å². The number of H-pyrrole nitrogens is 1. The Morgan fingerprint density at radius 1 is 1.07 bits per heavy atom. The molecule has 0 spiro atoms. The molecule has 29 heavy (non-hydrogen) atoms. The Bertz CT molecular complexity index is 991. The maximum atomic E-state index is 13.4. The predicted molar refractivity (Wildman–Crippen MR) is 118 cm³/mol. The maximum Gasteiger partial charge on any atom is 0.227 e. The molecule has 5 heteroatoms. The highest BCUT2D eigenvalue weighted by Gasteiger charge is 2.20. The SMILES string of the molecule is COc1ccccc1CN(CCN(C)C)C(=O)Cc1c(C)[nH]c2ccc(C)cc12. The van der Waals surface area contributed by atoms with E-state index in [1.165, 1.54) is 5.56 Å². The summed E-state index contributed by atoms with van der Waals surface area (Å²) in [6.07, 6.45) is 0.387. The molecule has 0 radical (unpaired) electrons. The highest BCUT2D eigenvalue weighted by Crippen LogP contribution is 2.25. The van der Waals surface area contributed by atoms with Gasteiger partial charge in [0.1, 0.15) is 5.75 Å². The number of aryl methyl sites for hydroxylation is 2. The molecule has 0 bridgehead atoms. The summed E-state index contributed by atoms with van der Waals surface area (Å²) in [5, 5.41) is 1.14. The number of aromatic amines is 1. The van der Waals surface area contributed by atoms with Gasteiger partial charge in [-0.25, -0.2) is 0 Å². The molecule has 3 aromatic rings. The lowest BCUT2D eigenvalue weighted by molar-refractivity contribution is -0.131. The highest BCUT2D eigenvalue weighted by molar-refractivity contribution is 5.90. The number of nitrogens with one attached hydrogen (secondary N) is 1. The molecule has 1 N–H and O–H groups in total. The molecule has 0 aliphatic carbocycles. The number of rotatable bonds is 8. The summed E-state index contributed by atoms with van der Waals surface area (Å²) in [7, 11) is 5.72. The van der Waals surface area contributed by atoms with Gasteiger partial charge in [0, 0.05) is 41.8 Å². The lowest BCUT2D eigenvalue weighted by Gasteiger charge is -2.25. The molecule has 0 unspecified atom stereocenters. The molecule has 1 amide bonds. The van der Waals surface area contributed by atoms with Crippen LogP contribution in [0.1, 0.15) is 22.4 Å². The summed E-state index contributed by atoms with van der Waals surface area (Å²) in [5.74, 6) is 0.942. The monoisotopic (exact) mass is 393 g/mol. The number of methoxy groups -OCH3 is 1. The highest BCUT2D eigenvalue weighted by atomic mass is 16.5. The topological polar surface area (TPSA) is 48.6 Å². The van der Waals surface area contributed by atoms with Crippen molar-refractivity contribution >= 4 is 16.8 Å². The summed E-state index contributed by atoms with van der Waals surface area (Å²) >= 11 is 0. The quantitative estimate of drug-likeness (QED) is 0.631. The summed E-state index contributed by atoms with van der Waals surface area (Å²) in [4.78, 5) is 20.8. The molecule has 0 saturated carbocycles. The van der Waals surface area contributed by atoms with Crippen molar-refractivity contribution in [2.24, 2.45) is 0 Å². The van der Waals surface area contributed by atoms with Crippen molar-refractivity contribution in [3.63, 3.8) is 0 Å². The van der Waals surface area contributed by atoms with E-state index < -0.39 is 0 Å². The minimum atomic E-state index is 0.128. The molecule has 154 valence electrons. The van der Waals surface area contributed by atoms with Crippen molar-refractivity contribution in [3.8, 4) is 5.75 Å². The van der Waals surface area contributed by atoms with E-state index in [1.807, 2.05) is 50.2 Å². The molecule has 0 aliphatic heterocycles. The van der Waals surface area contributed by atoms with Crippen LogP contribution in [-0.2, 0) is 17.8 Å². The lowest BCUT2D eigenvalue weighted by Crippen LogP contribution is -2.37. The van der Waals surface area contributed by atoms with Gasteiger partial charge in [0.15, 0.2) is 0 Å². The Morgan fingerprint density at radius 2 is 1.83 bits per heavy atom. The summed E-state index contributed by atoms with van der Waals surface area (Å²) in [6.45, 7) is 6.15. The van der Waals surface area contributed by atoms with Crippen molar-refractivity contribution in [1.82, 2.24) is 14.8 Å². The zero-order valence-electron chi connectivity index (χ0n) is 18.1. The number of carbonyl (C=O) groups excluding carboxylic acids is 1. The summed E-state index contributed by atoms with van der Waals surface area (Å²) in [6, 6.07) is 14.2. The first-order chi connectivity index (χ1) is 13.9. The molecule has 0 fully saturated rings. The third kappa shape index (κ3) is 4.98. The standard InChI is InChI=1S/C24H31N3O2/c1-17-10-11-22-21(14-17)20(18(2)25-22)15-24(28)27(13-12-26(3)4)16-19-8-6-7-9-23(19)29-5/h6-11,14,25H,12-13,15-16H2,1-5H3. The Morgan fingerprint density at radius 3 is 2.55 bits per heavy atom. The minimum Gasteiger partial charge on any atom is -0.496 e. The van der Waals surface area contributed by atoms with E-state index in [9.17, 15) is 4.79 Å². The molecule has 2 aromatic carbocycles. The van der Waals surface area contributed by atoms with Gasteiger partial charge in [-0.05, 0) is 51.7 Å². The number of nitrogens with zero attached hydrogens (tertiary/aromatic N) is 2. The van der Waals surface area contributed by atoms with E-state index in [0.717, 1.165) is 40.0 Å². The molecule has 0 atom stereocenters. The second-order valence-electron chi connectivity index (χ2n) is 7.88. The number of fused-ring (bicyclic) bond motifs is 1. The molecule has 1 aromatic heterocycles. The van der Waals surface area contributed by atoms with E-state index in [1.54, 1.807) is 7.11 Å². The van der Waals surface area contributed by atoms with Gasteiger partial charge >= 0.3 is 0 Å². The van der Waals surface area contributed by atoms with Crippen molar-refractivity contribution in [1.29, 1.82) is 0 Å². The van der Waals surface area contributed by atoms with Gasteiger partial charge < -0.3 is 19.5 Å². The number of likely N-dealkylation sites (N-methyl/N-ethyl adjacent to an activating group) is 1. The normalized spacial score (nSPS) is 11.2. The van der Waals surface area contributed by atoms with Crippen LogP contribution < -0.4 is 4.74 Å². The fraction of sp³-hybridized carbons (Fsp3) is 0.375. The summed E-state index contributed by atoms with van der Waals surface area (Å²) < 4.78 is 5.49. The number of benzene rings is 2. The van der Waals surface area contributed by atoms with Crippen molar-refractivity contribution < 1.29 is 9.53 Å². The predicted octanol–water partition coefficient (Wildman–Crippen LogP) is 3.93. The van der Waals surface area contributed by atoms with Gasteiger partial charge in [-0.3, -0.25) is 4.79 Å². The van der Waals surface area contributed by atoms with Crippen LogP contribution in [-0.4, -0.2) is 55.0 Å². The van der Waals surface area contributed by atoms with Gasteiger partial charge in [0.2, 0.25) is 5.91 Å². The Kier molecular flexibility index (Phi) is 6.60. The smallest absolute Gasteiger partial charge is 0.227 e. The number of para-hydroxylation sites is 1. The Labute approximate surface area is 173 Å². The Hall–Kier alpha value is -2.79. The van der Waals surface area contributed by atoms with Crippen LogP contribution in [0.25, 0.3) is 10.9 Å². The van der Waals surface area contributed by atoms with E-state index in [2.05, 4.69) is 35.0 Å². The van der Waals surface area contributed by atoms with Crippen molar-refractivity contribution in [2.45, 2.75) is 26.8 Å². The second kappa shape index (κ2) is 9.14. The second-order valence-corrected chi connectivity index (χ2v) is 7.88. The van der Waals surface area contributed by atoms with Crippen LogP contribution in [0.2, 0.25) is 0 Å². The van der Waals surface area contributed by atoms with E-state index in [4.69, 9.17) is 4.74 Å². The van der Waals surface area contributed by atoms with E-state index in [0.29, 0.717) is 19.5 Å². The van der Waals surface area contributed by atoms with Crippen LogP contribution in [0.15, 0.2) is 42.5 Å². The van der Waals surface area contributed by atoms with Crippen LogP contribution in [0.4, 0.5) is 0 Å². The fourth-order valence-electron chi connectivity index (χ4n) is 3.64. The van der Waals surface area contributed by atoms with Gasteiger partial charge in [-0.2, -0.15) is 0 Å². The first-order valence-electron chi connectivity index (χ1n) is 10.0. The molecule has 0 aliphatic rings. The zero-order valence-corrected chi connectivity index (χ0v) is 18.1. The van der Waals surface area contributed by atoms with Crippen LogP contribution >= 0.6 is 0 Å². The molecule has 3 rings (SSSR count). The van der Waals surface area contributed by atoms with Crippen LogP contribution in [0.3, 0.4) is 0 Å². The number of amides is 1. The van der Waals surface area contributed by atoms with Crippen LogP contribution in [0.5, 0.6) is 5.75 Å². The number of aromatic nitrogens is 1. The van der Waals surface area contributed by atoms with E-state index in [-0.39, 0.29) is 5.91 Å². The first kappa shape index (κ1) is 20.9. The molecule has 5 nitrogen and oxygen atoms in total. The number of hydrogen-bond acceptors (Lipinski definition) is 3. The third-order valence-corrected chi connectivity index (χ3v) is 5.33. The molecular formula is C24H31N3O2. The number of hydrogen-bond donors (Lipinski definition) is 1. The van der Waals surface area contributed by atoms with Gasteiger partial charge in [0.25, 0.3) is 0 Å². The lowest BCUT2D eigenvalue weighted by atomic mass is 10.0. The van der Waals surface area contributed by atoms with Crippen LogP contribution in [0, 0.1) is 13.8 Å².